The molecule has 0 saturated carbocycles. The summed E-state index contributed by atoms with van der Waals surface area (Å²) in [6.45, 7) is 3.87. The van der Waals surface area contributed by atoms with Gasteiger partial charge in [0.25, 0.3) is 0 Å². The molecule has 0 aromatic heterocycles. The number of thioether (sulfide) groups is 1. The summed E-state index contributed by atoms with van der Waals surface area (Å²) in [4.78, 5) is 14.0. The predicted octanol–water partition coefficient (Wildman–Crippen LogP) is 5.03. The molecule has 0 N–H and O–H groups in total. The number of carbonyl (C=O) groups excluding carboxylic acids is 1. The summed E-state index contributed by atoms with van der Waals surface area (Å²) < 4.78 is 6.37. The summed E-state index contributed by atoms with van der Waals surface area (Å²) in [5, 5.41) is 0. The lowest BCUT2D eigenvalue weighted by atomic mass is 9.96. The molecule has 0 radical (unpaired) electrons. The Hall–Kier alpha value is -1.26. The van der Waals surface area contributed by atoms with Crippen LogP contribution in [-0.4, -0.2) is 19.1 Å². The second-order valence-corrected chi connectivity index (χ2v) is 6.50. The Morgan fingerprint density at radius 1 is 1.19 bits per heavy atom. The Morgan fingerprint density at radius 2 is 1.81 bits per heavy atom. The van der Waals surface area contributed by atoms with Gasteiger partial charge in [-0.05, 0) is 61.6 Å². The molecule has 21 heavy (non-hydrogen) atoms. The van der Waals surface area contributed by atoms with Crippen molar-refractivity contribution in [3.05, 3.63) is 57.1 Å². The van der Waals surface area contributed by atoms with Crippen molar-refractivity contribution in [2.75, 3.05) is 13.4 Å². The highest BCUT2D eigenvalue weighted by atomic mass is 79.9. The summed E-state index contributed by atoms with van der Waals surface area (Å²) in [5.74, 6) is 0.635. The molecule has 0 aliphatic carbocycles. The van der Waals surface area contributed by atoms with Crippen molar-refractivity contribution in [3.63, 3.8) is 0 Å². The van der Waals surface area contributed by atoms with Crippen LogP contribution in [0, 0.1) is 13.8 Å². The molecule has 4 heteroatoms. The monoisotopic (exact) mass is 364 g/mol. The molecule has 2 rings (SSSR count). The van der Waals surface area contributed by atoms with Crippen molar-refractivity contribution in [2.24, 2.45) is 0 Å². The lowest BCUT2D eigenvalue weighted by Crippen LogP contribution is -2.08. The van der Waals surface area contributed by atoms with Crippen LogP contribution in [-0.2, 0) is 0 Å². The minimum atomic E-state index is -0.0126. The predicted molar refractivity (Wildman–Crippen MR) is 91.8 cm³/mol. The van der Waals surface area contributed by atoms with E-state index in [1.807, 2.05) is 50.4 Å². The largest absolute Gasteiger partial charge is 0.496 e. The fraction of sp³-hybridized carbons (Fsp3) is 0.235. The van der Waals surface area contributed by atoms with Gasteiger partial charge in [0.2, 0.25) is 0 Å². The van der Waals surface area contributed by atoms with Crippen molar-refractivity contribution >= 4 is 33.5 Å². The van der Waals surface area contributed by atoms with E-state index in [9.17, 15) is 4.79 Å². The fourth-order valence-corrected chi connectivity index (χ4v) is 3.22. The average Bonchev–Trinajstić information content (AvgIpc) is 2.50. The third-order valence-corrected chi connectivity index (χ3v) is 5.01. The molecule has 110 valence electrons. The topological polar surface area (TPSA) is 26.3 Å². The quantitative estimate of drug-likeness (QED) is 0.562. The van der Waals surface area contributed by atoms with Crippen LogP contribution >= 0.6 is 27.7 Å². The number of benzene rings is 2. The van der Waals surface area contributed by atoms with Crippen molar-refractivity contribution < 1.29 is 9.53 Å². The van der Waals surface area contributed by atoms with Crippen LogP contribution in [0.4, 0.5) is 0 Å². The van der Waals surface area contributed by atoms with E-state index in [-0.39, 0.29) is 5.78 Å². The Bertz CT molecular complexity index is 678. The van der Waals surface area contributed by atoms with Gasteiger partial charge in [-0.15, -0.1) is 11.8 Å². The summed E-state index contributed by atoms with van der Waals surface area (Å²) in [5.41, 5.74) is 3.14. The molecule has 0 fully saturated rings. The summed E-state index contributed by atoms with van der Waals surface area (Å²) >= 11 is 5.17. The molecule has 0 atom stereocenters. The lowest BCUT2D eigenvalue weighted by Gasteiger charge is -2.15. The molecule has 2 nitrogen and oxygen atoms in total. The molecule has 0 aliphatic heterocycles. The Labute approximate surface area is 138 Å². The first kappa shape index (κ1) is 16.1. The molecule has 2 aromatic carbocycles. The first-order valence-corrected chi connectivity index (χ1v) is 8.53. The Kier molecular flexibility index (Phi) is 5.12. The molecule has 0 heterocycles. The third-order valence-electron chi connectivity index (χ3n) is 3.45. The van der Waals surface area contributed by atoms with Gasteiger partial charge in [-0.1, -0.05) is 15.9 Å². The number of rotatable bonds is 4. The number of aryl methyl sites for hydroxylation is 1. The van der Waals surface area contributed by atoms with E-state index in [0.29, 0.717) is 16.9 Å². The van der Waals surface area contributed by atoms with Gasteiger partial charge in [-0.2, -0.15) is 0 Å². The Balaban J connectivity index is 2.56. The maximum Gasteiger partial charge on any atom is 0.197 e. The number of methoxy groups -OCH3 is 1. The minimum Gasteiger partial charge on any atom is -0.496 e. The zero-order valence-corrected chi connectivity index (χ0v) is 14.9. The van der Waals surface area contributed by atoms with Crippen LogP contribution in [0.25, 0.3) is 0 Å². The first-order valence-electron chi connectivity index (χ1n) is 6.52. The second-order valence-electron chi connectivity index (χ2n) is 4.77. The van der Waals surface area contributed by atoms with Gasteiger partial charge in [-0.25, -0.2) is 0 Å². The van der Waals surface area contributed by atoms with E-state index in [2.05, 4.69) is 15.9 Å². The van der Waals surface area contributed by atoms with Crippen LogP contribution in [0.1, 0.15) is 27.0 Å². The molecule has 0 spiro atoms. The molecular formula is C17H17BrO2S. The van der Waals surface area contributed by atoms with Crippen molar-refractivity contribution in [1.29, 1.82) is 0 Å². The van der Waals surface area contributed by atoms with Gasteiger partial charge in [0, 0.05) is 14.9 Å². The average molecular weight is 365 g/mol. The van der Waals surface area contributed by atoms with E-state index in [4.69, 9.17) is 4.74 Å². The summed E-state index contributed by atoms with van der Waals surface area (Å²) in [6, 6.07) is 9.63. The first-order chi connectivity index (χ1) is 9.99. The van der Waals surface area contributed by atoms with Crippen molar-refractivity contribution in [1.82, 2.24) is 0 Å². The zero-order chi connectivity index (χ0) is 15.6. The molecule has 0 saturated heterocycles. The lowest BCUT2D eigenvalue weighted by molar-refractivity contribution is 0.103. The van der Waals surface area contributed by atoms with Gasteiger partial charge in [0.15, 0.2) is 5.78 Å². The summed E-state index contributed by atoms with van der Waals surface area (Å²) in [7, 11) is 1.60. The fourth-order valence-electron chi connectivity index (χ4n) is 2.27. The minimum absolute atomic E-state index is 0.0126. The SMILES string of the molecule is COc1c(C)cc(Br)c(C)c1C(=O)c1ccc(SC)cc1. The van der Waals surface area contributed by atoms with Crippen LogP contribution < -0.4 is 4.74 Å². The number of halogens is 1. The molecule has 0 unspecified atom stereocenters. The highest BCUT2D eigenvalue weighted by Crippen LogP contribution is 2.34. The van der Waals surface area contributed by atoms with Gasteiger partial charge in [-0.3, -0.25) is 4.79 Å². The van der Waals surface area contributed by atoms with Crippen LogP contribution in [0.2, 0.25) is 0 Å². The van der Waals surface area contributed by atoms with Crippen molar-refractivity contribution in [3.8, 4) is 5.75 Å². The highest BCUT2D eigenvalue weighted by molar-refractivity contribution is 9.10. The van der Waals surface area contributed by atoms with Crippen LogP contribution in [0.3, 0.4) is 0 Å². The van der Waals surface area contributed by atoms with Crippen LogP contribution in [0.5, 0.6) is 5.75 Å². The van der Waals surface area contributed by atoms with E-state index < -0.39 is 0 Å². The third kappa shape index (κ3) is 3.16. The number of carbonyl (C=O) groups is 1. The maximum absolute atomic E-state index is 12.8. The van der Waals surface area contributed by atoms with Crippen molar-refractivity contribution in [2.45, 2.75) is 18.7 Å². The molecule has 2 aromatic rings. The second kappa shape index (κ2) is 6.67. The summed E-state index contributed by atoms with van der Waals surface area (Å²) in [6.07, 6.45) is 2.02. The molecule has 0 bridgehead atoms. The van der Waals surface area contributed by atoms with Gasteiger partial charge < -0.3 is 4.74 Å². The smallest absolute Gasteiger partial charge is 0.197 e. The van der Waals surface area contributed by atoms with E-state index in [1.165, 1.54) is 0 Å². The Morgan fingerprint density at radius 3 is 2.33 bits per heavy atom. The number of hydrogen-bond donors (Lipinski definition) is 0. The zero-order valence-electron chi connectivity index (χ0n) is 12.5. The molecule has 0 aliphatic rings. The number of ketones is 1. The van der Waals surface area contributed by atoms with Gasteiger partial charge in [0.1, 0.15) is 5.75 Å². The number of ether oxygens (including phenoxy) is 1. The van der Waals surface area contributed by atoms with E-state index in [1.54, 1.807) is 18.9 Å². The highest BCUT2D eigenvalue weighted by Gasteiger charge is 2.21. The maximum atomic E-state index is 12.8. The molecule has 0 amide bonds. The van der Waals surface area contributed by atoms with Gasteiger partial charge in [0.05, 0.1) is 12.7 Å². The van der Waals surface area contributed by atoms with E-state index >= 15 is 0 Å². The van der Waals surface area contributed by atoms with Gasteiger partial charge >= 0.3 is 0 Å². The molecular weight excluding hydrogens is 348 g/mol. The van der Waals surface area contributed by atoms with Crippen LogP contribution in [0.15, 0.2) is 39.7 Å². The normalized spacial score (nSPS) is 10.5. The standard InChI is InChI=1S/C17H17BrO2S/c1-10-9-14(18)11(2)15(17(10)20-3)16(19)12-5-7-13(21-4)8-6-12/h5-9H,1-4H3. The van der Waals surface area contributed by atoms with E-state index in [0.717, 1.165) is 20.5 Å². The number of hydrogen-bond acceptors (Lipinski definition) is 3.